The smallest absolute Gasteiger partial charge is 0.420 e. The molecule has 144 valence electrons. The van der Waals surface area contributed by atoms with Crippen molar-refractivity contribution in [1.29, 1.82) is 0 Å². The quantitative estimate of drug-likeness (QED) is 0.488. The Labute approximate surface area is 167 Å². The molecule has 0 aliphatic carbocycles. The normalized spacial score (nSPS) is 11.1. The first-order chi connectivity index (χ1) is 13.2. The van der Waals surface area contributed by atoms with E-state index in [0.29, 0.717) is 11.4 Å². The summed E-state index contributed by atoms with van der Waals surface area (Å²) in [5.41, 5.74) is -3.21. The summed E-state index contributed by atoms with van der Waals surface area (Å²) in [4.78, 5) is 28.4. The molecule has 0 fully saturated rings. The number of carbonyl (C=O) groups excluding carboxylic acids is 1. The molecule has 1 aromatic carbocycles. The van der Waals surface area contributed by atoms with E-state index in [-0.39, 0.29) is 22.0 Å². The zero-order valence-electron chi connectivity index (χ0n) is 13.9. The van der Waals surface area contributed by atoms with Crippen LogP contribution in [0.15, 0.2) is 65.7 Å². The first kappa shape index (κ1) is 19.8. The lowest BCUT2D eigenvalue weighted by molar-refractivity contribution is -0.0964. The number of anilines is 1. The SMILES string of the molecule is O=C(Nc1ccc(OC(F)(F)Cl)cc1)c1ccc(=O)n(-c2ccc(Cl)nc2)c1. The molecule has 2 aromatic heterocycles. The molecule has 1 N–H and O–H groups in total. The van der Waals surface area contributed by atoms with Crippen LogP contribution in [-0.4, -0.2) is 21.0 Å². The molecule has 10 heteroatoms. The molecule has 0 atom stereocenters. The van der Waals surface area contributed by atoms with Crippen LogP contribution in [0.3, 0.4) is 0 Å². The summed E-state index contributed by atoms with van der Waals surface area (Å²) in [7, 11) is 0. The fourth-order valence-corrected chi connectivity index (χ4v) is 2.48. The summed E-state index contributed by atoms with van der Waals surface area (Å²) >= 11 is 10.4. The molecule has 0 radical (unpaired) electrons. The van der Waals surface area contributed by atoms with Crippen LogP contribution >= 0.6 is 23.2 Å². The van der Waals surface area contributed by atoms with Crippen molar-refractivity contribution in [2.75, 3.05) is 5.32 Å². The van der Waals surface area contributed by atoms with Crippen molar-refractivity contribution >= 4 is 34.8 Å². The van der Waals surface area contributed by atoms with E-state index in [0.717, 1.165) is 0 Å². The second-order valence-electron chi connectivity index (χ2n) is 5.49. The third-order valence-electron chi connectivity index (χ3n) is 3.51. The van der Waals surface area contributed by atoms with Gasteiger partial charge in [0, 0.05) is 29.6 Å². The Kier molecular flexibility index (Phi) is 5.62. The minimum absolute atomic E-state index is 0.165. The molecule has 6 nitrogen and oxygen atoms in total. The molecular formula is C18H11Cl2F2N3O3. The van der Waals surface area contributed by atoms with Gasteiger partial charge in [0.25, 0.3) is 11.5 Å². The van der Waals surface area contributed by atoms with Crippen LogP contribution < -0.4 is 15.6 Å². The van der Waals surface area contributed by atoms with Crippen LogP contribution in [0.4, 0.5) is 14.5 Å². The molecule has 28 heavy (non-hydrogen) atoms. The number of benzene rings is 1. The molecule has 0 bridgehead atoms. The Morgan fingerprint density at radius 1 is 1.11 bits per heavy atom. The minimum atomic E-state index is -3.82. The number of aromatic nitrogens is 2. The molecule has 3 aromatic rings. The second kappa shape index (κ2) is 7.95. The van der Waals surface area contributed by atoms with E-state index in [1.807, 2.05) is 0 Å². The van der Waals surface area contributed by atoms with Gasteiger partial charge in [0.1, 0.15) is 10.9 Å². The maximum absolute atomic E-state index is 12.6. The van der Waals surface area contributed by atoms with Crippen molar-refractivity contribution < 1.29 is 18.3 Å². The lowest BCUT2D eigenvalue weighted by Gasteiger charge is -2.11. The van der Waals surface area contributed by atoms with Gasteiger partial charge in [-0.3, -0.25) is 14.2 Å². The van der Waals surface area contributed by atoms with E-state index in [1.165, 1.54) is 59.4 Å². The lowest BCUT2D eigenvalue weighted by Crippen LogP contribution is -2.21. The van der Waals surface area contributed by atoms with Crippen molar-refractivity contribution in [3.63, 3.8) is 0 Å². The summed E-state index contributed by atoms with van der Waals surface area (Å²) in [6.07, 6.45) is 2.75. The average molecular weight is 426 g/mol. The van der Waals surface area contributed by atoms with Crippen LogP contribution in [0, 0.1) is 0 Å². The van der Waals surface area contributed by atoms with E-state index in [1.54, 1.807) is 6.07 Å². The van der Waals surface area contributed by atoms with Gasteiger partial charge >= 0.3 is 5.57 Å². The third-order valence-corrected chi connectivity index (χ3v) is 3.81. The van der Waals surface area contributed by atoms with E-state index in [9.17, 15) is 18.4 Å². The number of amides is 1. The molecule has 0 spiro atoms. The largest absolute Gasteiger partial charge is 0.487 e. The number of pyridine rings is 2. The van der Waals surface area contributed by atoms with Gasteiger partial charge in [0.15, 0.2) is 0 Å². The Balaban J connectivity index is 1.78. The maximum atomic E-state index is 12.6. The van der Waals surface area contributed by atoms with E-state index in [2.05, 4.69) is 15.0 Å². The van der Waals surface area contributed by atoms with Crippen LogP contribution in [0.2, 0.25) is 5.15 Å². The van der Waals surface area contributed by atoms with Gasteiger partial charge in [-0.15, -0.1) is 8.78 Å². The highest BCUT2D eigenvalue weighted by atomic mass is 35.5. The molecule has 3 rings (SSSR count). The average Bonchev–Trinajstić information content (AvgIpc) is 2.63. The molecule has 2 heterocycles. The molecule has 0 saturated heterocycles. The highest BCUT2D eigenvalue weighted by molar-refractivity contribution is 6.29. The zero-order valence-corrected chi connectivity index (χ0v) is 15.4. The number of nitrogens with zero attached hydrogens (tertiary/aromatic N) is 2. The Hall–Kier alpha value is -2.97. The number of rotatable bonds is 5. The Bertz CT molecular complexity index is 1050. The van der Waals surface area contributed by atoms with Gasteiger partial charge < -0.3 is 10.1 Å². The highest BCUT2D eigenvalue weighted by Gasteiger charge is 2.27. The molecule has 1 amide bonds. The van der Waals surface area contributed by atoms with Gasteiger partial charge in [0.2, 0.25) is 0 Å². The highest BCUT2D eigenvalue weighted by Crippen LogP contribution is 2.26. The van der Waals surface area contributed by atoms with Gasteiger partial charge in [-0.2, -0.15) is 0 Å². The maximum Gasteiger partial charge on any atom is 0.487 e. The van der Waals surface area contributed by atoms with Crippen LogP contribution in [0.5, 0.6) is 5.75 Å². The second-order valence-corrected chi connectivity index (χ2v) is 6.32. The molecule has 0 aliphatic heterocycles. The van der Waals surface area contributed by atoms with E-state index < -0.39 is 11.5 Å². The zero-order chi connectivity index (χ0) is 20.3. The number of nitrogens with one attached hydrogen (secondary N) is 1. The molecule has 0 unspecified atom stereocenters. The summed E-state index contributed by atoms with van der Waals surface area (Å²) in [5.74, 6) is -0.672. The predicted octanol–water partition coefficient (Wildman–Crippen LogP) is 4.31. The van der Waals surface area contributed by atoms with Crippen molar-refractivity contribution in [2.24, 2.45) is 0 Å². The fraction of sp³-hybridized carbons (Fsp3) is 0.0556. The van der Waals surface area contributed by atoms with Crippen molar-refractivity contribution in [3.05, 3.63) is 82.0 Å². The molecule has 0 aliphatic rings. The van der Waals surface area contributed by atoms with Crippen LogP contribution in [0.25, 0.3) is 5.69 Å². The summed E-state index contributed by atoms with van der Waals surface area (Å²) < 4.78 is 30.7. The number of hydrogen-bond acceptors (Lipinski definition) is 4. The summed E-state index contributed by atoms with van der Waals surface area (Å²) in [6.45, 7) is 0. The molecular weight excluding hydrogens is 415 g/mol. The minimum Gasteiger partial charge on any atom is -0.420 e. The van der Waals surface area contributed by atoms with Crippen molar-refractivity contribution in [2.45, 2.75) is 5.57 Å². The first-order valence-corrected chi connectivity index (χ1v) is 8.49. The van der Waals surface area contributed by atoms with Crippen LogP contribution in [0.1, 0.15) is 10.4 Å². The van der Waals surface area contributed by atoms with Gasteiger partial charge in [0.05, 0.1) is 17.4 Å². The van der Waals surface area contributed by atoms with Crippen molar-refractivity contribution in [3.8, 4) is 11.4 Å². The first-order valence-electron chi connectivity index (χ1n) is 7.73. The Morgan fingerprint density at radius 3 is 2.43 bits per heavy atom. The monoisotopic (exact) mass is 425 g/mol. The number of hydrogen-bond donors (Lipinski definition) is 1. The third kappa shape index (κ3) is 5.05. The molecule has 0 saturated carbocycles. The van der Waals surface area contributed by atoms with E-state index >= 15 is 0 Å². The number of halogens is 4. The van der Waals surface area contributed by atoms with Gasteiger partial charge in [-0.05, 0) is 42.5 Å². The van der Waals surface area contributed by atoms with E-state index in [4.69, 9.17) is 23.2 Å². The number of alkyl halides is 3. The predicted molar refractivity (Wildman–Crippen MR) is 101 cm³/mol. The standard InChI is InChI=1S/C18H11Cl2F2N3O3/c19-15-7-4-13(9-23-15)25-10-11(1-8-16(25)26)17(27)24-12-2-5-14(6-3-12)28-18(20,21)22/h1-10H,(H,24,27). The van der Waals surface area contributed by atoms with Crippen molar-refractivity contribution in [1.82, 2.24) is 9.55 Å². The fourth-order valence-electron chi connectivity index (χ4n) is 2.28. The van der Waals surface area contributed by atoms with Gasteiger partial charge in [-0.1, -0.05) is 11.6 Å². The van der Waals surface area contributed by atoms with Crippen LogP contribution in [-0.2, 0) is 0 Å². The number of carbonyl (C=O) groups is 1. The Morgan fingerprint density at radius 2 is 1.82 bits per heavy atom. The summed E-state index contributed by atoms with van der Waals surface area (Å²) in [5, 5.41) is 2.86. The lowest BCUT2D eigenvalue weighted by atomic mass is 10.2. The summed E-state index contributed by atoms with van der Waals surface area (Å²) in [6, 6.07) is 10.9. The topological polar surface area (TPSA) is 73.2 Å². The number of ether oxygens (including phenoxy) is 1. The van der Waals surface area contributed by atoms with Gasteiger partial charge in [-0.25, -0.2) is 4.98 Å².